The van der Waals surface area contributed by atoms with Gasteiger partial charge in [0.25, 0.3) is 0 Å². The van der Waals surface area contributed by atoms with Crippen LogP contribution in [0.25, 0.3) is 0 Å². The molecule has 2 unspecified atom stereocenters. The lowest BCUT2D eigenvalue weighted by molar-refractivity contribution is -0.145. The van der Waals surface area contributed by atoms with Gasteiger partial charge < -0.3 is 5.11 Å². The van der Waals surface area contributed by atoms with Crippen LogP contribution in [-0.2, 0) is 4.79 Å². The summed E-state index contributed by atoms with van der Waals surface area (Å²) in [6.07, 6.45) is 5.33. The van der Waals surface area contributed by atoms with Crippen LogP contribution < -0.4 is 5.32 Å². The number of rotatable bonds is 6. The van der Waals surface area contributed by atoms with Gasteiger partial charge in [0.1, 0.15) is 5.54 Å². The fraction of sp³-hybridized carbons (Fsp3) is 0.933. The molecule has 2 aliphatic rings. The lowest BCUT2D eigenvalue weighted by atomic mass is 9.90. The van der Waals surface area contributed by atoms with Crippen molar-refractivity contribution in [2.75, 3.05) is 6.54 Å². The maximum Gasteiger partial charge on any atom is 0.323 e. The molecule has 19 heavy (non-hydrogen) atoms. The number of carboxylic acids is 1. The van der Waals surface area contributed by atoms with Crippen molar-refractivity contribution in [3.05, 3.63) is 0 Å². The Morgan fingerprint density at radius 2 is 2.16 bits per heavy atom. The van der Waals surface area contributed by atoms with E-state index in [2.05, 4.69) is 31.0 Å². The van der Waals surface area contributed by atoms with Gasteiger partial charge in [0.15, 0.2) is 0 Å². The van der Waals surface area contributed by atoms with E-state index in [0.29, 0.717) is 18.5 Å². The molecule has 1 saturated heterocycles. The van der Waals surface area contributed by atoms with E-state index in [1.54, 1.807) is 0 Å². The molecular weight excluding hydrogens is 240 g/mol. The molecule has 2 rings (SSSR count). The van der Waals surface area contributed by atoms with Crippen LogP contribution in [0.15, 0.2) is 0 Å². The van der Waals surface area contributed by atoms with Crippen molar-refractivity contribution in [1.82, 2.24) is 10.2 Å². The highest BCUT2D eigenvalue weighted by Gasteiger charge is 2.43. The Hall–Kier alpha value is -0.610. The normalized spacial score (nSPS) is 28.0. The number of hydrogen-bond donors (Lipinski definition) is 2. The molecule has 0 aromatic rings. The first kappa shape index (κ1) is 14.8. The summed E-state index contributed by atoms with van der Waals surface area (Å²) in [7, 11) is 0. The second kappa shape index (κ2) is 5.06. The highest BCUT2D eigenvalue weighted by Crippen LogP contribution is 2.33. The van der Waals surface area contributed by atoms with Gasteiger partial charge in [0, 0.05) is 17.6 Å². The molecule has 1 heterocycles. The predicted molar refractivity (Wildman–Crippen MR) is 76.3 cm³/mol. The highest BCUT2D eigenvalue weighted by atomic mass is 16.4. The minimum absolute atomic E-state index is 0.207. The molecule has 0 amide bonds. The Balaban J connectivity index is 2.02. The number of carbonyl (C=O) groups is 1. The van der Waals surface area contributed by atoms with E-state index < -0.39 is 11.5 Å². The van der Waals surface area contributed by atoms with E-state index >= 15 is 0 Å². The number of nitrogens with zero attached hydrogens (tertiary/aromatic N) is 1. The zero-order chi connectivity index (χ0) is 14.3. The topological polar surface area (TPSA) is 52.6 Å². The minimum atomic E-state index is -0.792. The molecule has 2 N–H and O–H groups in total. The molecule has 0 aromatic heterocycles. The van der Waals surface area contributed by atoms with Crippen LogP contribution in [0.5, 0.6) is 0 Å². The van der Waals surface area contributed by atoms with Crippen molar-refractivity contribution >= 4 is 5.97 Å². The Kier molecular flexibility index (Phi) is 3.94. The lowest BCUT2D eigenvalue weighted by Crippen LogP contribution is -2.56. The summed E-state index contributed by atoms with van der Waals surface area (Å²) in [6.45, 7) is 9.63. The lowest BCUT2D eigenvalue weighted by Gasteiger charge is -2.40. The van der Waals surface area contributed by atoms with Gasteiger partial charge in [-0.25, -0.2) is 0 Å². The quantitative estimate of drug-likeness (QED) is 0.775. The van der Waals surface area contributed by atoms with Crippen molar-refractivity contribution in [3.8, 4) is 0 Å². The number of likely N-dealkylation sites (tertiary alicyclic amines) is 1. The SMILES string of the molecule is CC(CC(C)(NC1CC1)C(=O)O)N1CCCC1(C)C. The van der Waals surface area contributed by atoms with E-state index in [4.69, 9.17) is 0 Å². The average Bonchev–Trinajstić information content (AvgIpc) is 3.00. The maximum absolute atomic E-state index is 11.6. The molecule has 1 aliphatic carbocycles. The summed E-state index contributed by atoms with van der Waals surface area (Å²) in [5.74, 6) is -0.719. The van der Waals surface area contributed by atoms with Crippen LogP contribution in [-0.4, -0.2) is 45.7 Å². The number of nitrogens with one attached hydrogen (secondary N) is 1. The van der Waals surface area contributed by atoms with Gasteiger partial charge in [-0.1, -0.05) is 0 Å². The van der Waals surface area contributed by atoms with E-state index in [0.717, 1.165) is 19.4 Å². The van der Waals surface area contributed by atoms with Gasteiger partial charge in [-0.2, -0.15) is 0 Å². The van der Waals surface area contributed by atoms with E-state index in [1.807, 2.05) is 6.92 Å². The van der Waals surface area contributed by atoms with Crippen molar-refractivity contribution in [3.63, 3.8) is 0 Å². The molecule has 0 spiro atoms. The smallest absolute Gasteiger partial charge is 0.323 e. The van der Waals surface area contributed by atoms with Crippen LogP contribution in [0.1, 0.15) is 59.8 Å². The second-order valence-corrected chi connectivity index (χ2v) is 7.22. The summed E-state index contributed by atoms with van der Waals surface area (Å²) in [5, 5.41) is 12.9. The molecule has 0 aromatic carbocycles. The van der Waals surface area contributed by atoms with Gasteiger partial charge in [-0.3, -0.25) is 15.0 Å². The molecule has 0 bridgehead atoms. The first-order chi connectivity index (χ1) is 8.74. The Bertz CT molecular complexity index is 352. The van der Waals surface area contributed by atoms with Crippen molar-refractivity contribution in [2.45, 2.75) is 83.0 Å². The van der Waals surface area contributed by atoms with Crippen LogP contribution in [0.4, 0.5) is 0 Å². The first-order valence-electron chi connectivity index (χ1n) is 7.52. The Labute approximate surface area is 116 Å². The molecule has 2 fully saturated rings. The molecule has 4 nitrogen and oxygen atoms in total. The van der Waals surface area contributed by atoms with Crippen LogP contribution >= 0.6 is 0 Å². The summed E-state index contributed by atoms with van der Waals surface area (Å²) in [4.78, 5) is 14.1. The fourth-order valence-corrected chi connectivity index (χ4v) is 3.53. The molecule has 4 heteroatoms. The van der Waals surface area contributed by atoms with Gasteiger partial charge in [-0.15, -0.1) is 0 Å². The third-order valence-electron chi connectivity index (χ3n) is 4.77. The first-order valence-corrected chi connectivity index (χ1v) is 7.52. The van der Waals surface area contributed by atoms with Gasteiger partial charge in [0.05, 0.1) is 0 Å². The second-order valence-electron chi connectivity index (χ2n) is 7.22. The molecule has 1 aliphatic heterocycles. The summed E-state index contributed by atoms with van der Waals surface area (Å²) < 4.78 is 0. The zero-order valence-corrected chi connectivity index (χ0v) is 12.7. The van der Waals surface area contributed by atoms with Gasteiger partial charge in [0.2, 0.25) is 0 Å². The van der Waals surface area contributed by atoms with Crippen LogP contribution in [0.2, 0.25) is 0 Å². The van der Waals surface area contributed by atoms with Crippen LogP contribution in [0, 0.1) is 0 Å². The van der Waals surface area contributed by atoms with Crippen LogP contribution in [0.3, 0.4) is 0 Å². The van der Waals surface area contributed by atoms with Crippen molar-refractivity contribution < 1.29 is 9.90 Å². The predicted octanol–water partition coefficient (Wildman–Crippen LogP) is 2.23. The van der Waals surface area contributed by atoms with Crippen molar-refractivity contribution in [1.29, 1.82) is 0 Å². The minimum Gasteiger partial charge on any atom is -0.480 e. The fourth-order valence-electron chi connectivity index (χ4n) is 3.53. The molecule has 2 atom stereocenters. The number of hydrogen-bond acceptors (Lipinski definition) is 3. The summed E-state index contributed by atoms with van der Waals surface area (Å²) in [5.41, 5.74) is -0.586. The summed E-state index contributed by atoms with van der Waals surface area (Å²) in [6, 6.07) is 0.713. The maximum atomic E-state index is 11.6. The standard InChI is InChI=1S/C15H28N2O2/c1-11(17-9-5-8-14(17,2)3)10-15(4,13(18)19)16-12-6-7-12/h11-12,16H,5-10H2,1-4H3,(H,18,19). The number of carboxylic acid groups (broad SMARTS) is 1. The Morgan fingerprint density at radius 3 is 2.58 bits per heavy atom. The third kappa shape index (κ3) is 3.29. The number of aliphatic carboxylic acids is 1. The largest absolute Gasteiger partial charge is 0.480 e. The summed E-state index contributed by atoms with van der Waals surface area (Å²) >= 11 is 0. The highest BCUT2D eigenvalue weighted by molar-refractivity contribution is 5.78. The molecule has 1 saturated carbocycles. The third-order valence-corrected chi connectivity index (χ3v) is 4.77. The Morgan fingerprint density at radius 1 is 1.53 bits per heavy atom. The van der Waals surface area contributed by atoms with E-state index in [9.17, 15) is 9.90 Å². The van der Waals surface area contributed by atoms with E-state index in [1.165, 1.54) is 12.8 Å². The molecule has 0 radical (unpaired) electrons. The van der Waals surface area contributed by atoms with Gasteiger partial charge >= 0.3 is 5.97 Å². The average molecular weight is 268 g/mol. The van der Waals surface area contributed by atoms with E-state index in [-0.39, 0.29) is 5.54 Å². The van der Waals surface area contributed by atoms with Gasteiger partial charge in [-0.05, 0) is 66.3 Å². The van der Waals surface area contributed by atoms with Crippen molar-refractivity contribution in [2.24, 2.45) is 0 Å². The monoisotopic (exact) mass is 268 g/mol. The molecule has 110 valence electrons. The zero-order valence-electron chi connectivity index (χ0n) is 12.7. The molecular formula is C15H28N2O2.